The van der Waals surface area contributed by atoms with Crippen molar-refractivity contribution in [2.75, 3.05) is 12.4 Å². The highest BCUT2D eigenvalue weighted by Crippen LogP contribution is 2.23. The molecule has 1 aromatic heterocycles. The van der Waals surface area contributed by atoms with Crippen LogP contribution in [0.4, 0.5) is 5.69 Å². The van der Waals surface area contributed by atoms with Crippen LogP contribution < -0.4 is 10.6 Å². The van der Waals surface area contributed by atoms with E-state index in [0.717, 1.165) is 17.5 Å². The molecule has 0 unspecified atom stereocenters. The van der Waals surface area contributed by atoms with Crippen LogP contribution in [-0.2, 0) is 0 Å². The Morgan fingerprint density at radius 1 is 1.25 bits per heavy atom. The minimum Gasteiger partial charge on any atom is -0.387 e. The second-order valence-corrected chi connectivity index (χ2v) is 5.31. The first-order chi connectivity index (χ1) is 9.65. The number of anilines is 1. The molecule has 0 bridgehead atoms. The molecule has 0 aliphatic heterocycles. The van der Waals surface area contributed by atoms with E-state index in [1.165, 1.54) is 11.3 Å². The molecule has 1 heterocycles. The summed E-state index contributed by atoms with van der Waals surface area (Å²) in [6.07, 6.45) is 0.803. The van der Waals surface area contributed by atoms with Crippen molar-refractivity contribution in [2.45, 2.75) is 13.0 Å². The molecule has 104 valence electrons. The molecule has 0 fully saturated rings. The molecule has 2 aromatic rings. The Balaban J connectivity index is 2.08. The standard InChI is InChI=1S/C15H16N2O2S/c1-10(12-5-3-11(9-18)4-6-12)17-15(19)14-13(16-2)7-8-20-14/h3-10,16H,1-2H3,(H,17,19)/t10-/m0/s1. The summed E-state index contributed by atoms with van der Waals surface area (Å²) in [5.41, 5.74) is 2.42. The van der Waals surface area contributed by atoms with E-state index in [4.69, 9.17) is 0 Å². The van der Waals surface area contributed by atoms with Gasteiger partial charge >= 0.3 is 0 Å². The molecule has 0 spiro atoms. The molecular formula is C15H16N2O2S. The second-order valence-electron chi connectivity index (χ2n) is 4.39. The Morgan fingerprint density at radius 3 is 2.55 bits per heavy atom. The third-order valence-corrected chi connectivity index (χ3v) is 3.97. The minimum absolute atomic E-state index is 0.101. The van der Waals surface area contributed by atoms with Gasteiger partial charge in [-0.05, 0) is 23.9 Å². The van der Waals surface area contributed by atoms with Gasteiger partial charge in [0.05, 0.1) is 11.7 Å². The Kier molecular flexibility index (Phi) is 4.53. The summed E-state index contributed by atoms with van der Waals surface area (Å²) < 4.78 is 0. The average Bonchev–Trinajstić information content (AvgIpc) is 2.95. The van der Waals surface area contributed by atoms with Crippen LogP contribution in [-0.4, -0.2) is 19.2 Å². The smallest absolute Gasteiger partial charge is 0.263 e. The van der Waals surface area contributed by atoms with Gasteiger partial charge in [0.2, 0.25) is 0 Å². The number of benzene rings is 1. The van der Waals surface area contributed by atoms with Crippen molar-refractivity contribution in [3.05, 3.63) is 51.7 Å². The van der Waals surface area contributed by atoms with E-state index in [0.29, 0.717) is 10.4 Å². The fourth-order valence-electron chi connectivity index (χ4n) is 1.89. The van der Waals surface area contributed by atoms with E-state index in [2.05, 4.69) is 10.6 Å². The number of nitrogens with one attached hydrogen (secondary N) is 2. The second kappa shape index (κ2) is 6.34. The molecular weight excluding hydrogens is 272 g/mol. The van der Waals surface area contributed by atoms with E-state index in [-0.39, 0.29) is 11.9 Å². The van der Waals surface area contributed by atoms with Gasteiger partial charge in [0.15, 0.2) is 0 Å². The van der Waals surface area contributed by atoms with Crippen molar-refractivity contribution >= 4 is 29.2 Å². The molecule has 20 heavy (non-hydrogen) atoms. The minimum atomic E-state index is -0.116. The molecule has 2 rings (SSSR count). The van der Waals surface area contributed by atoms with E-state index < -0.39 is 0 Å². The fraction of sp³-hybridized carbons (Fsp3) is 0.200. The molecule has 2 N–H and O–H groups in total. The molecule has 1 amide bonds. The summed E-state index contributed by atoms with van der Waals surface area (Å²) in [5.74, 6) is -0.101. The van der Waals surface area contributed by atoms with Gasteiger partial charge in [-0.1, -0.05) is 24.3 Å². The van der Waals surface area contributed by atoms with Crippen LogP contribution in [0.15, 0.2) is 35.7 Å². The quantitative estimate of drug-likeness (QED) is 0.831. The third-order valence-electron chi connectivity index (χ3n) is 3.06. The van der Waals surface area contributed by atoms with E-state index >= 15 is 0 Å². The van der Waals surface area contributed by atoms with Gasteiger partial charge in [0.25, 0.3) is 5.91 Å². The summed E-state index contributed by atoms with van der Waals surface area (Å²) in [7, 11) is 1.79. The normalized spacial score (nSPS) is 11.7. The maximum Gasteiger partial charge on any atom is 0.263 e. The SMILES string of the molecule is CNc1ccsc1C(=O)N[C@@H](C)c1ccc(C=O)cc1. The summed E-state index contributed by atoms with van der Waals surface area (Å²) in [6, 6.07) is 8.95. The zero-order chi connectivity index (χ0) is 14.5. The van der Waals surface area contributed by atoms with E-state index in [9.17, 15) is 9.59 Å². The number of hydrogen-bond donors (Lipinski definition) is 2. The van der Waals surface area contributed by atoms with Crippen LogP contribution in [0.25, 0.3) is 0 Å². The number of carbonyl (C=O) groups is 2. The molecule has 4 nitrogen and oxygen atoms in total. The zero-order valence-electron chi connectivity index (χ0n) is 11.3. The number of thiophene rings is 1. The molecule has 1 atom stereocenters. The number of amides is 1. The molecule has 0 aliphatic rings. The average molecular weight is 288 g/mol. The summed E-state index contributed by atoms with van der Waals surface area (Å²) in [5, 5.41) is 7.83. The van der Waals surface area contributed by atoms with E-state index in [1.54, 1.807) is 19.2 Å². The lowest BCUT2D eigenvalue weighted by Gasteiger charge is -2.14. The highest BCUT2D eigenvalue weighted by Gasteiger charge is 2.15. The van der Waals surface area contributed by atoms with Crippen LogP contribution in [0.5, 0.6) is 0 Å². The van der Waals surface area contributed by atoms with Gasteiger partial charge in [-0.3, -0.25) is 9.59 Å². The molecule has 1 aromatic carbocycles. The van der Waals surface area contributed by atoms with Crippen molar-refractivity contribution in [1.82, 2.24) is 5.32 Å². The summed E-state index contributed by atoms with van der Waals surface area (Å²) in [6.45, 7) is 1.92. The van der Waals surface area contributed by atoms with Crippen LogP contribution in [0.2, 0.25) is 0 Å². The topological polar surface area (TPSA) is 58.2 Å². The lowest BCUT2D eigenvalue weighted by molar-refractivity contribution is 0.0944. The first-order valence-electron chi connectivity index (χ1n) is 6.27. The third kappa shape index (κ3) is 3.05. The van der Waals surface area contributed by atoms with Gasteiger partial charge in [0.1, 0.15) is 11.2 Å². The van der Waals surface area contributed by atoms with Gasteiger partial charge in [0, 0.05) is 12.6 Å². The fourth-order valence-corrected chi connectivity index (χ4v) is 2.69. The maximum atomic E-state index is 12.2. The summed E-state index contributed by atoms with van der Waals surface area (Å²) >= 11 is 1.40. The molecule has 0 aliphatic carbocycles. The summed E-state index contributed by atoms with van der Waals surface area (Å²) in [4.78, 5) is 23.5. The first kappa shape index (κ1) is 14.3. The van der Waals surface area contributed by atoms with Crippen molar-refractivity contribution in [2.24, 2.45) is 0 Å². The maximum absolute atomic E-state index is 12.2. The van der Waals surface area contributed by atoms with Gasteiger partial charge < -0.3 is 10.6 Å². The Hall–Kier alpha value is -2.14. The predicted octanol–water partition coefficient (Wildman–Crippen LogP) is 3.09. The molecule has 0 radical (unpaired) electrons. The van der Waals surface area contributed by atoms with Crippen molar-refractivity contribution in [3.63, 3.8) is 0 Å². The van der Waals surface area contributed by atoms with Crippen molar-refractivity contribution in [1.29, 1.82) is 0 Å². The van der Waals surface area contributed by atoms with Crippen molar-refractivity contribution in [3.8, 4) is 0 Å². The lowest BCUT2D eigenvalue weighted by atomic mass is 10.1. The Morgan fingerprint density at radius 2 is 1.95 bits per heavy atom. The number of aldehydes is 1. The van der Waals surface area contributed by atoms with Crippen molar-refractivity contribution < 1.29 is 9.59 Å². The number of rotatable bonds is 5. The van der Waals surface area contributed by atoms with Crippen LogP contribution in [0.3, 0.4) is 0 Å². The highest BCUT2D eigenvalue weighted by molar-refractivity contribution is 7.12. The Labute approximate surface area is 121 Å². The van der Waals surface area contributed by atoms with Crippen LogP contribution in [0, 0.1) is 0 Å². The van der Waals surface area contributed by atoms with Crippen LogP contribution >= 0.6 is 11.3 Å². The largest absolute Gasteiger partial charge is 0.387 e. The number of hydrogen-bond acceptors (Lipinski definition) is 4. The lowest BCUT2D eigenvalue weighted by Crippen LogP contribution is -2.26. The van der Waals surface area contributed by atoms with Gasteiger partial charge in [-0.2, -0.15) is 0 Å². The highest BCUT2D eigenvalue weighted by atomic mass is 32.1. The van der Waals surface area contributed by atoms with Gasteiger partial charge in [-0.25, -0.2) is 0 Å². The predicted molar refractivity (Wildman–Crippen MR) is 81.6 cm³/mol. The van der Waals surface area contributed by atoms with Gasteiger partial charge in [-0.15, -0.1) is 11.3 Å². The number of carbonyl (C=O) groups excluding carboxylic acids is 2. The molecule has 0 saturated heterocycles. The first-order valence-corrected chi connectivity index (χ1v) is 7.15. The monoisotopic (exact) mass is 288 g/mol. The van der Waals surface area contributed by atoms with Crippen LogP contribution in [0.1, 0.15) is 38.6 Å². The molecule has 0 saturated carbocycles. The molecule has 5 heteroatoms. The van der Waals surface area contributed by atoms with E-state index in [1.807, 2.05) is 30.5 Å². The Bertz CT molecular complexity index is 605. The zero-order valence-corrected chi connectivity index (χ0v) is 12.2.